The molecule has 0 N–H and O–H groups in total. The van der Waals surface area contributed by atoms with Gasteiger partial charge in [0.2, 0.25) is 0 Å². The van der Waals surface area contributed by atoms with Gasteiger partial charge in [0.15, 0.2) is 0 Å². The molecule has 104 valence electrons. The average Bonchev–Trinajstić information content (AvgIpc) is 2.32. The van der Waals surface area contributed by atoms with Crippen molar-refractivity contribution in [2.45, 2.75) is 85.1 Å². The van der Waals surface area contributed by atoms with Crippen LogP contribution in [0.1, 0.15) is 79.1 Å². The zero-order chi connectivity index (χ0) is 13.1. The molecule has 0 aromatic heterocycles. The Morgan fingerprint density at radius 3 is 2.06 bits per heavy atom. The molecule has 0 aromatic rings. The van der Waals surface area contributed by atoms with Crippen molar-refractivity contribution >= 4 is 0 Å². The quantitative estimate of drug-likeness (QED) is 0.455. The molecule has 0 saturated carbocycles. The average molecular weight is 241 g/mol. The molecule has 0 amide bonds. The molecule has 1 unspecified atom stereocenters. The predicted octanol–water partition coefficient (Wildman–Crippen LogP) is 5.10. The summed E-state index contributed by atoms with van der Waals surface area (Å²) in [4.78, 5) is 2.45. The van der Waals surface area contributed by atoms with Gasteiger partial charge in [-0.1, -0.05) is 58.8 Å². The third-order valence-electron chi connectivity index (χ3n) is 4.05. The summed E-state index contributed by atoms with van der Waals surface area (Å²) in [7, 11) is 2.24. The molecule has 0 fully saturated rings. The largest absolute Gasteiger partial charge is 0.304 e. The summed E-state index contributed by atoms with van der Waals surface area (Å²) in [6.07, 6.45) is 11.3. The summed E-state index contributed by atoms with van der Waals surface area (Å²) in [6.45, 7) is 10.5. The highest BCUT2D eigenvalue weighted by atomic mass is 15.1. The van der Waals surface area contributed by atoms with Crippen molar-refractivity contribution in [2.24, 2.45) is 5.92 Å². The van der Waals surface area contributed by atoms with Crippen LogP contribution >= 0.6 is 0 Å². The minimum Gasteiger partial charge on any atom is -0.304 e. The van der Waals surface area contributed by atoms with Crippen LogP contribution in [0.2, 0.25) is 0 Å². The van der Waals surface area contributed by atoms with Crippen molar-refractivity contribution < 1.29 is 0 Å². The third kappa shape index (κ3) is 9.64. The second kappa shape index (κ2) is 11.1. The molecule has 0 bridgehead atoms. The topological polar surface area (TPSA) is 3.24 Å². The zero-order valence-corrected chi connectivity index (χ0v) is 13.0. The molecule has 0 rings (SSSR count). The monoisotopic (exact) mass is 241 g/mol. The van der Waals surface area contributed by atoms with Gasteiger partial charge in [-0.3, -0.25) is 0 Å². The molecule has 1 heteroatoms. The molecule has 0 saturated heterocycles. The molecule has 0 spiro atoms. The molecular formula is C16H35N. The maximum absolute atomic E-state index is 2.45. The Morgan fingerprint density at radius 1 is 0.882 bits per heavy atom. The number of hydrogen-bond donors (Lipinski definition) is 0. The van der Waals surface area contributed by atoms with E-state index in [-0.39, 0.29) is 0 Å². The van der Waals surface area contributed by atoms with E-state index in [0.717, 1.165) is 5.92 Å². The molecule has 0 heterocycles. The molecule has 0 aromatic carbocycles. The number of rotatable bonds is 11. The van der Waals surface area contributed by atoms with Crippen LogP contribution in [-0.2, 0) is 0 Å². The van der Waals surface area contributed by atoms with Crippen LogP contribution in [0.4, 0.5) is 0 Å². The van der Waals surface area contributed by atoms with Gasteiger partial charge in [-0.15, -0.1) is 0 Å². The summed E-state index contributed by atoms with van der Waals surface area (Å²) in [6, 6.07) is 0.697. The first-order chi connectivity index (χ1) is 8.11. The van der Waals surface area contributed by atoms with Gasteiger partial charge >= 0.3 is 0 Å². The van der Waals surface area contributed by atoms with Crippen molar-refractivity contribution in [2.75, 3.05) is 13.6 Å². The lowest BCUT2D eigenvalue weighted by Crippen LogP contribution is -2.27. The van der Waals surface area contributed by atoms with Crippen molar-refractivity contribution in [1.29, 1.82) is 0 Å². The van der Waals surface area contributed by atoms with E-state index in [0.29, 0.717) is 6.04 Å². The van der Waals surface area contributed by atoms with E-state index in [1.165, 1.54) is 57.9 Å². The first-order valence-corrected chi connectivity index (χ1v) is 7.82. The highest BCUT2D eigenvalue weighted by Gasteiger charge is 2.06. The lowest BCUT2D eigenvalue weighted by atomic mass is 9.93. The van der Waals surface area contributed by atoms with Gasteiger partial charge < -0.3 is 4.90 Å². The summed E-state index contributed by atoms with van der Waals surface area (Å²) in [5.41, 5.74) is 0. The summed E-state index contributed by atoms with van der Waals surface area (Å²) in [5.74, 6) is 0.998. The normalized spacial score (nSPS) is 13.6. The third-order valence-corrected chi connectivity index (χ3v) is 4.05. The smallest absolute Gasteiger partial charge is 0.00355 e. The molecule has 0 aliphatic heterocycles. The second-order valence-electron chi connectivity index (χ2n) is 5.84. The fourth-order valence-corrected chi connectivity index (χ4v) is 2.27. The van der Waals surface area contributed by atoms with Gasteiger partial charge in [0.25, 0.3) is 0 Å². The van der Waals surface area contributed by atoms with Crippen LogP contribution in [0.5, 0.6) is 0 Å². The molecule has 0 aliphatic rings. The Labute approximate surface area is 110 Å². The number of hydrogen-bond acceptors (Lipinski definition) is 1. The lowest BCUT2D eigenvalue weighted by molar-refractivity contribution is 0.265. The first kappa shape index (κ1) is 17.0. The van der Waals surface area contributed by atoms with Crippen molar-refractivity contribution in [3.8, 4) is 0 Å². The second-order valence-corrected chi connectivity index (χ2v) is 5.84. The van der Waals surface area contributed by atoms with Gasteiger partial charge in [0.05, 0.1) is 0 Å². The Balaban J connectivity index is 3.42. The van der Waals surface area contributed by atoms with Crippen molar-refractivity contribution in [1.82, 2.24) is 4.90 Å². The lowest BCUT2D eigenvalue weighted by Gasteiger charge is -2.21. The molecular weight excluding hydrogens is 206 g/mol. The van der Waals surface area contributed by atoms with Crippen molar-refractivity contribution in [3.05, 3.63) is 0 Å². The Morgan fingerprint density at radius 2 is 1.53 bits per heavy atom. The Kier molecular flexibility index (Phi) is 11.0. The van der Waals surface area contributed by atoms with E-state index in [2.05, 4.69) is 39.6 Å². The minimum atomic E-state index is 0.697. The minimum absolute atomic E-state index is 0.697. The molecule has 0 radical (unpaired) electrons. The van der Waals surface area contributed by atoms with Gasteiger partial charge in [0.1, 0.15) is 0 Å². The van der Waals surface area contributed by atoms with Crippen LogP contribution in [0.25, 0.3) is 0 Å². The van der Waals surface area contributed by atoms with E-state index in [1.807, 2.05) is 0 Å². The standard InChI is InChI=1S/C16H35N/c1-6-8-12-16(7-2)13-10-9-11-14-17(5)15(3)4/h15-16H,6-14H2,1-5H3. The number of nitrogens with zero attached hydrogens (tertiary/aromatic N) is 1. The maximum atomic E-state index is 2.45. The predicted molar refractivity (Wildman–Crippen MR) is 79.5 cm³/mol. The highest BCUT2D eigenvalue weighted by Crippen LogP contribution is 2.19. The van der Waals surface area contributed by atoms with Crippen LogP contribution in [0.15, 0.2) is 0 Å². The van der Waals surface area contributed by atoms with Gasteiger partial charge in [-0.25, -0.2) is 0 Å². The van der Waals surface area contributed by atoms with E-state index < -0.39 is 0 Å². The van der Waals surface area contributed by atoms with E-state index >= 15 is 0 Å². The van der Waals surface area contributed by atoms with Crippen LogP contribution in [0.3, 0.4) is 0 Å². The summed E-state index contributed by atoms with van der Waals surface area (Å²) >= 11 is 0. The van der Waals surface area contributed by atoms with E-state index in [9.17, 15) is 0 Å². The van der Waals surface area contributed by atoms with Gasteiger partial charge in [0, 0.05) is 6.04 Å². The first-order valence-electron chi connectivity index (χ1n) is 7.82. The van der Waals surface area contributed by atoms with Crippen LogP contribution in [0, 0.1) is 5.92 Å². The zero-order valence-electron chi connectivity index (χ0n) is 13.0. The molecule has 1 nitrogen and oxygen atoms in total. The maximum Gasteiger partial charge on any atom is 0.00355 e. The highest BCUT2D eigenvalue weighted by molar-refractivity contribution is 4.60. The number of unbranched alkanes of at least 4 members (excludes halogenated alkanes) is 3. The van der Waals surface area contributed by atoms with Crippen molar-refractivity contribution in [3.63, 3.8) is 0 Å². The molecule has 17 heavy (non-hydrogen) atoms. The SMILES string of the molecule is CCCCC(CC)CCCCCN(C)C(C)C. The van der Waals surface area contributed by atoms with Gasteiger partial charge in [-0.2, -0.15) is 0 Å². The summed E-state index contributed by atoms with van der Waals surface area (Å²) in [5, 5.41) is 0. The Hall–Kier alpha value is -0.0400. The Bertz CT molecular complexity index is 154. The van der Waals surface area contributed by atoms with E-state index in [4.69, 9.17) is 0 Å². The van der Waals surface area contributed by atoms with Crippen LogP contribution < -0.4 is 0 Å². The molecule has 1 atom stereocenters. The fourth-order valence-electron chi connectivity index (χ4n) is 2.27. The van der Waals surface area contributed by atoms with E-state index in [1.54, 1.807) is 0 Å². The van der Waals surface area contributed by atoms with Crippen LogP contribution in [-0.4, -0.2) is 24.5 Å². The van der Waals surface area contributed by atoms with Gasteiger partial charge in [-0.05, 0) is 39.8 Å². The summed E-state index contributed by atoms with van der Waals surface area (Å²) < 4.78 is 0. The molecule has 0 aliphatic carbocycles. The fraction of sp³-hybridized carbons (Fsp3) is 1.00.